The lowest BCUT2D eigenvalue weighted by atomic mass is 10.3. The summed E-state index contributed by atoms with van der Waals surface area (Å²) in [4.78, 5) is 21.0. The smallest absolute Gasteiger partial charge is 0.475 e. The first-order valence-electron chi connectivity index (χ1n) is 6.33. The third-order valence-corrected chi connectivity index (χ3v) is 3.72. The minimum Gasteiger partial charge on any atom is -0.475 e. The summed E-state index contributed by atoms with van der Waals surface area (Å²) in [7, 11) is 0. The molecule has 0 bridgehead atoms. The van der Waals surface area contributed by atoms with Crippen LogP contribution in [0.15, 0.2) is 17.8 Å². The van der Waals surface area contributed by atoms with Gasteiger partial charge in [-0.3, -0.25) is 0 Å². The van der Waals surface area contributed by atoms with Gasteiger partial charge in [0.05, 0.1) is 5.39 Å². The number of nitrogens with one attached hydrogen (secondary N) is 1. The fourth-order valence-corrected chi connectivity index (χ4v) is 2.63. The SMILES string of the molecule is O=C(O)C(F)(F)F.c1nc(N2CCNCC2)c2ccsc2n1. The molecule has 0 amide bonds. The lowest BCUT2D eigenvalue weighted by Gasteiger charge is -2.28. The van der Waals surface area contributed by atoms with Gasteiger partial charge in [-0.15, -0.1) is 11.3 Å². The number of piperazine rings is 1. The quantitative estimate of drug-likeness (QED) is 0.827. The van der Waals surface area contributed by atoms with Crippen molar-refractivity contribution in [2.24, 2.45) is 0 Å². The Hall–Kier alpha value is -1.94. The lowest BCUT2D eigenvalue weighted by molar-refractivity contribution is -0.192. The maximum Gasteiger partial charge on any atom is 0.490 e. The normalized spacial score (nSPS) is 15.3. The summed E-state index contributed by atoms with van der Waals surface area (Å²) in [5, 5.41) is 13.7. The summed E-state index contributed by atoms with van der Waals surface area (Å²) in [6, 6.07) is 2.11. The minimum atomic E-state index is -5.08. The molecule has 0 aromatic carbocycles. The molecule has 0 spiro atoms. The van der Waals surface area contributed by atoms with E-state index in [1.165, 1.54) is 5.39 Å². The number of nitrogens with zero attached hydrogens (tertiary/aromatic N) is 3. The number of aromatic nitrogens is 2. The summed E-state index contributed by atoms with van der Waals surface area (Å²) in [5.41, 5.74) is 0. The van der Waals surface area contributed by atoms with Crippen molar-refractivity contribution in [1.29, 1.82) is 0 Å². The maximum absolute atomic E-state index is 10.6. The Morgan fingerprint density at radius 3 is 2.55 bits per heavy atom. The Morgan fingerprint density at radius 2 is 1.95 bits per heavy atom. The highest BCUT2D eigenvalue weighted by Crippen LogP contribution is 2.26. The molecule has 1 fully saturated rings. The molecule has 0 saturated carbocycles. The van der Waals surface area contributed by atoms with E-state index in [9.17, 15) is 13.2 Å². The molecule has 120 valence electrons. The van der Waals surface area contributed by atoms with E-state index in [1.54, 1.807) is 17.7 Å². The molecule has 22 heavy (non-hydrogen) atoms. The van der Waals surface area contributed by atoms with Crippen LogP contribution in [0, 0.1) is 0 Å². The maximum atomic E-state index is 10.6. The topological polar surface area (TPSA) is 78.3 Å². The number of hydrogen-bond acceptors (Lipinski definition) is 6. The van der Waals surface area contributed by atoms with Crippen molar-refractivity contribution in [3.63, 3.8) is 0 Å². The second-order valence-corrected chi connectivity index (χ2v) is 5.27. The van der Waals surface area contributed by atoms with Crippen molar-refractivity contribution in [2.75, 3.05) is 31.1 Å². The molecule has 6 nitrogen and oxygen atoms in total. The third-order valence-electron chi connectivity index (χ3n) is 2.90. The molecule has 1 aliphatic heterocycles. The second kappa shape index (κ2) is 6.88. The fraction of sp³-hybridized carbons (Fsp3) is 0.417. The van der Waals surface area contributed by atoms with E-state index >= 15 is 0 Å². The van der Waals surface area contributed by atoms with Crippen LogP contribution in [0.1, 0.15) is 0 Å². The number of carbonyl (C=O) groups is 1. The molecule has 0 radical (unpaired) electrons. The molecule has 3 rings (SSSR count). The lowest BCUT2D eigenvalue weighted by Crippen LogP contribution is -2.43. The van der Waals surface area contributed by atoms with Crippen LogP contribution in [0.3, 0.4) is 0 Å². The van der Waals surface area contributed by atoms with Gasteiger partial charge >= 0.3 is 12.1 Å². The first kappa shape index (κ1) is 16.4. The summed E-state index contributed by atoms with van der Waals surface area (Å²) in [6.07, 6.45) is -3.42. The zero-order valence-corrected chi connectivity index (χ0v) is 12.1. The monoisotopic (exact) mass is 334 g/mol. The van der Waals surface area contributed by atoms with Crippen molar-refractivity contribution >= 4 is 33.3 Å². The molecule has 1 aliphatic rings. The molecule has 2 aromatic rings. The van der Waals surface area contributed by atoms with E-state index < -0.39 is 12.1 Å². The molecule has 10 heteroatoms. The number of carboxylic acid groups (broad SMARTS) is 1. The first-order valence-corrected chi connectivity index (χ1v) is 7.21. The molecule has 1 saturated heterocycles. The number of anilines is 1. The summed E-state index contributed by atoms with van der Waals surface area (Å²) < 4.78 is 31.7. The van der Waals surface area contributed by atoms with Gasteiger partial charge in [0.25, 0.3) is 0 Å². The average molecular weight is 334 g/mol. The van der Waals surface area contributed by atoms with E-state index in [1.807, 2.05) is 0 Å². The van der Waals surface area contributed by atoms with E-state index in [4.69, 9.17) is 9.90 Å². The van der Waals surface area contributed by atoms with E-state index in [-0.39, 0.29) is 0 Å². The van der Waals surface area contributed by atoms with Crippen LogP contribution in [0.5, 0.6) is 0 Å². The Morgan fingerprint density at radius 1 is 1.32 bits per heavy atom. The van der Waals surface area contributed by atoms with Crippen molar-refractivity contribution in [3.8, 4) is 0 Å². The number of aliphatic carboxylic acids is 1. The largest absolute Gasteiger partial charge is 0.490 e. The van der Waals surface area contributed by atoms with Crippen LogP contribution >= 0.6 is 11.3 Å². The van der Waals surface area contributed by atoms with Gasteiger partial charge in [-0.1, -0.05) is 0 Å². The third kappa shape index (κ3) is 4.04. The number of alkyl halides is 3. The van der Waals surface area contributed by atoms with Gasteiger partial charge in [-0.2, -0.15) is 13.2 Å². The first-order chi connectivity index (χ1) is 10.4. The summed E-state index contributed by atoms with van der Waals surface area (Å²) in [5.74, 6) is -1.67. The number of rotatable bonds is 1. The predicted molar refractivity (Wildman–Crippen MR) is 76.2 cm³/mol. The fourth-order valence-electron chi connectivity index (χ4n) is 1.91. The van der Waals surface area contributed by atoms with E-state index in [0.29, 0.717) is 0 Å². The second-order valence-electron chi connectivity index (χ2n) is 4.38. The molecular weight excluding hydrogens is 321 g/mol. The molecule has 2 N–H and O–H groups in total. The Balaban J connectivity index is 0.000000217. The van der Waals surface area contributed by atoms with Crippen LogP contribution < -0.4 is 10.2 Å². The van der Waals surface area contributed by atoms with Gasteiger partial charge < -0.3 is 15.3 Å². The van der Waals surface area contributed by atoms with Gasteiger partial charge in [-0.25, -0.2) is 14.8 Å². The number of thiophene rings is 1. The van der Waals surface area contributed by atoms with Gasteiger partial charge in [0, 0.05) is 26.2 Å². The molecule has 0 unspecified atom stereocenters. The Kier molecular flexibility index (Phi) is 5.14. The van der Waals surface area contributed by atoms with Crippen LogP contribution in [0.2, 0.25) is 0 Å². The minimum absolute atomic E-state index is 1.03. The zero-order valence-electron chi connectivity index (χ0n) is 11.3. The number of halogens is 3. The van der Waals surface area contributed by atoms with Gasteiger partial charge in [0.2, 0.25) is 0 Å². The van der Waals surface area contributed by atoms with Crippen molar-refractivity contribution in [1.82, 2.24) is 15.3 Å². The van der Waals surface area contributed by atoms with Gasteiger partial charge in [0.1, 0.15) is 17.0 Å². The molecule has 3 heterocycles. The van der Waals surface area contributed by atoms with E-state index in [0.717, 1.165) is 36.8 Å². The Bertz CT molecular complexity index is 641. The van der Waals surface area contributed by atoms with Crippen molar-refractivity contribution < 1.29 is 23.1 Å². The zero-order chi connectivity index (χ0) is 16.2. The van der Waals surface area contributed by atoms with Gasteiger partial charge in [-0.05, 0) is 11.4 Å². The van der Waals surface area contributed by atoms with Crippen molar-refractivity contribution in [3.05, 3.63) is 17.8 Å². The molecular formula is C12H13F3N4O2S. The van der Waals surface area contributed by atoms with Crippen LogP contribution in [-0.2, 0) is 4.79 Å². The van der Waals surface area contributed by atoms with Crippen LogP contribution in [0.25, 0.3) is 10.2 Å². The Labute approximate surface area is 127 Å². The standard InChI is InChI=1S/C10H12N4S.C2HF3O2/c1-6-15-10-8(1)9(12-7-13-10)14-4-2-11-3-5-14;3-2(4,5)1(6)7/h1,6-7,11H,2-5H2;(H,6,7). The highest BCUT2D eigenvalue weighted by atomic mass is 32.1. The number of carboxylic acids is 1. The van der Waals surface area contributed by atoms with Crippen molar-refractivity contribution in [2.45, 2.75) is 6.18 Å². The van der Waals surface area contributed by atoms with Crippen LogP contribution in [0.4, 0.5) is 19.0 Å². The number of hydrogen-bond donors (Lipinski definition) is 2. The highest BCUT2D eigenvalue weighted by Gasteiger charge is 2.38. The summed E-state index contributed by atoms with van der Waals surface area (Å²) >= 11 is 1.67. The number of fused-ring (bicyclic) bond motifs is 1. The van der Waals surface area contributed by atoms with E-state index in [2.05, 4.69) is 31.6 Å². The summed E-state index contributed by atoms with van der Waals surface area (Å²) in [6.45, 7) is 4.13. The molecule has 0 aliphatic carbocycles. The van der Waals surface area contributed by atoms with Crippen LogP contribution in [-0.4, -0.2) is 53.4 Å². The average Bonchev–Trinajstić information content (AvgIpc) is 2.96. The highest BCUT2D eigenvalue weighted by molar-refractivity contribution is 7.16. The predicted octanol–water partition coefficient (Wildman–Crippen LogP) is 1.73. The molecule has 2 aromatic heterocycles. The van der Waals surface area contributed by atoms with Gasteiger partial charge in [0.15, 0.2) is 0 Å². The molecule has 0 atom stereocenters.